The van der Waals surface area contributed by atoms with Gasteiger partial charge in [0.15, 0.2) is 5.78 Å². The summed E-state index contributed by atoms with van der Waals surface area (Å²) in [5.41, 5.74) is 0.827. The number of ketones is 3. The Labute approximate surface area is 111 Å². The van der Waals surface area contributed by atoms with E-state index in [0.29, 0.717) is 24.0 Å². The summed E-state index contributed by atoms with van der Waals surface area (Å²) in [6, 6.07) is 0. The predicted molar refractivity (Wildman–Crippen MR) is 69.5 cm³/mol. The molecule has 1 N–H and O–H groups in total. The molecule has 0 bridgehead atoms. The number of carbonyl (C=O) groups is 3. The summed E-state index contributed by atoms with van der Waals surface area (Å²) in [5, 5.41) is 10.1. The summed E-state index contributed by atoms with van der Waals surface area (Å²) in [6.45, 7) is 5.47. The third-order valence-corrected chi connectivity index (χ3v) is 3.41. The summed E-state index contributed by atoms with van der Waals surface area (Å²) < 4.78 is 0. The predicted octanol–water partition coefficient (Wildman–Crippen LogP) is 2.21. The Kier molecular flexibility index (Phi) is 3.04. The van der Waals surface area contributed by atoms with Crippen LogP contribution in [-0.2, 0) is 14.4 Å². The van der Waals surface area contributed by atoms with Crippen molar-refractivity contribution in [3.05, 3.63) is 34.6 Å². The first kappa shape index (κ1) is 13.5. The number of hydrogen-bond donors (Lipinski definition) is 1. The Bertz CT molecular complexity index is 585. The average Bonchev–Trinajstić information content (AvgIpc) is 2.22. The van der Waals surface area contributed by atoms with Crippen molar-refractivity contribution in [2.75, 3.05) is 0 Å². The minimum atomic E-state index is -0.654. The number of allylic oxidation sites excluding steroid dienone is 6. The van der Waals surface area contributed by atoms with Gasteiger partial charge in [-0.2, -0.15) is 0 Å². The van der Waals surface area contributed by atoms with Crippen LogP contribution in [0.1, 0.15) is 33.6 Å². The Hall–Kier alpha value is -1.97. The molecule has 4 nitrogen and oxygen atoms in total. The van der Waals surface area contributed by atoms with Gasteiger partial charge in [-0.3, -0.25) is 14.4 Å². The maximum atomic E-state index is 12.2. The standard InChI is InChI=1S/C15H16O4/c1-8-4-10(16)11(17)5-9(8)14-12(18)6-15(2,3)7-13(14)19/h4-5,18H,6-7H2,1-3H3. The fraction of sp³-hybridized carbons (Fsp3) is 0.400. The van der Waals surface area contributed by atoms with Gasteiger partial charge in [0.2, 0.25) is 11.6 Å². The Morgan fingerprint density at radius 3 is 2.21 bits per heavy atom. The molecule has 4 heteroatoms. The average molecular weight is 260 g/mol. The molecule has 0 saturated carbocycles. The Morgan fingerprint density at radius 2 is 1.63 bits per heavy atom. The van der Waals surface area contributed by atoms with E-state index in [2.05, 4.69) is 0 Å². The fourth-order valence-electron chi connectivity index (χ4n) is 2.52. The van der Waals surface area contributed by atoms with Crippen LogP contribution < -0.4 is 0 Å². The molecule has 0 amide bonds. The minimum Gasteiger partial charge on any atom is -0.512 e. The summed E-state index contributed by atoms with van der Waals surface area (Å²) in [6.07, 6.45) is 3.07. The molecule has 0 heterocycles. The van der Waals surface area contributed by atoms with Crippen LogP contribution in [0.15, 0.2) is 34.6 Å². The number of aliphatic hydroxyl groups excluding tert-OH is 1. The van der Waals surface area contributed by atoms with Crippen molar-refractivity contribution >= 4 is 17.3 Å². The zero-order chi connectivity index (χ0) is 14.4. The molecule has 0 saturated heterocycles. The van der Waals surface area contributed by atoms with E-state index in [0.717, 1.165) is 6.08 Å². The van der Waals surface area contributed by atoms with Crippen molar-refractivity contribution in [2.24, 2.45) is 5.41 Å². The molecular formula is C15H16O4. The van der Waals surface area contributed by atoms with E-state index < -0.39 is 11.6 Å². The van der Waals surface area contributed by atoms with Crippen molar-refractivity contribution in [3.63, 3.8) is 0 Å². The van der Waals surface area contributed by atoms with Crippen molar-refractivity contribution in [1.82, 2.24) is 0 Å². The molecule has 0 fully saturated rings. The monoisotopic (exact) mass is 260 g/mol. The van der Waals surface area contributed by atoms with Gasteiger partial charge in [-0.15, -0.1) is 0 Å². The quantitative estimate of drug-likeness (QED) is 0.579. The van der Waals surface area contributed by atoms with Crippen LogP contribution >= 0.6 is 0 Å². The molecule has 0 aromatic rings. The van der Waals surface area contributed by atoms with Crippen molar-refractivity contribution in [1.29, 1.82) is 0 Å². The van der Waals surface area contributed by atoms with E-state index in [1.54, 1.807) is 6.92 Å². The molecule has 0 spiro atoms. The van der Waals surface area contributed by atoms with Gasteiger partial charge in [-0.25, -0.2) is 0 Å². The highest BCUT2D eigenvalue weighted by atomic mass is 16.3. The molecule has 2 rings (SSSR count). The van der Waals surface area contributed by atoms with Crippen molar-refractivity contribution < 1.29 is 19.5 Å². The first-order valence-corrected chi connectivity index (χ1v) is 6.15. The number of hydrogen-bond acceptors (Lipinski definition) is 4. The SMILES string of the molecule is CC1=CC(=O)C(=O)C=C1C1=C(O)CC(C)(C)CC1=O. The molecule has 0 aromatic heterocycles. The third kappa shape index (κ3) is 2.43. The lowest BCUT2D eigenvalue weighted by atomic mass is 9.73. The highest BCUT2D eigenvalue weighted by Crippen LogP contribution is 2.39. The molecule has 0 aliphatic heterocycles. The van der Waals surface area contributed by atoms with E-state index in [1.165, 1.54) is 6.08 Å². The van der Waals surface area contributed by atoms with E-state index in [-0.39, 0.29) is 22.5 Å². The largest absolute Gasteiger partial charge is 0.512 e. The summed E-state index contributed by atoms with van der Waals surface area (Å²) in [5.74, 6) is -1.43. The third-order valence-electron chi connectivity index (χ3n) is 3.41. The summed E-state index contributed by atoms with van der Waals surface area (Å²) in [4.78, 5) is 34.9. The maximum absolute atomic E-state index is 12.2. The second-order valence-corrected chi connectivity index (χ2v) is 5.88. The van der Waals surface area contributed by atoms with Crippen LogP contribution in [0.3, 0.4) is 0 Å². The minimum absolute atomic E-state index is 0.00222. The molecular weight excluding hydrogens is 244 g/mol. The van der Waals surface area contributed by atoms with Crippen LogP contribution in [0.25, 0.3) is 0 Å². The smallest absolute Gasteiger partial charge is 0.226 e. The zero-order valence-corrected chi connectivity index (χ0v) is 11.2. The molecule has 0 atom stereocenters. The van der Waals surface area contributed by atoms with Gasteiger partial charge >= 0.3 is 0 Å². The lowest BCUT2D eigenvalue weighted by molar-refractivity contribution is -0.131. The van der Waals surface area contributed by atoms with Gasteiger partial charge in [0.1, 0.15) is 5.76 Å². The lowest BCUT2D eigenvalue weighted by Gasteiger charge is -2.30. The van der Waals surface area contributed by atoms with Crippen LogP contribution in [0.5, 0.6) is 0 Å². The highest BCUT2D eigenvalue weighted by Gasteiger charge is 2.35. The Morgan fingerprint density at radius 1 is 1.05 bits per heavy atom. The van der Waals surface area contributed by atoms with E-state index >= 15 is 0 Å². The van der Waals surface area contributed by atoms with E-state index in [9.17, 15) is 19.5 Å². The van der Waals surface area contributed by atoms with Crippen molar-refractivity contribution in [2.45, 2.75) is 33.6 Å². The van der Waals surface area contributed by atoms with Gasteiger partial charge in [0.25, 0.3) is 0 Å². The highest BCUT2D eigenvalue weighted by molar-refractivity contribution is 6.47. The molecule has 19 heavy (non-hydrogen) atoms. The normalized spacial score (nSPS) is 23.4. The fourth-order valence-corrected chi connectivity index (χ4v) is 2.52. The van der Waals surface area contributed by atoms with Crippen LogP contribution in [0.2, 0.25) is 0 Å². The van der Waals surface area contributed by atoms with Gasteiger partial charge < -0.3 is 5.11 Å². The van der Waals surface area contributed by atoms with Gasteiger partial charge in [-0.1, -0.05) is 13.8 Å². The van der Waals surface area contributed by atoms with Crippen LogP contribution in [0.4, 0.5) is 0 Å². The number of Topliss-reactive ketones (excluding diaryl/α,β-unsaturated/α-hetero) is 1. The second-order valence-electron chi connectivity index (χ2n) is 5.88. The lowest BCUT2D eigenvalue weighted by Crippen LogP contribution is -2.28. The van der Waals surface area contributed by atoms with Crippen molar-refractivity contribution in [3.8, 4) is 0 Å². The maximum Gasteiger partial charge on any atom is 0.226 e. The molecule has 0 aromatic carbocycles. The topological polar surface area (TPSA) is 71.4 Å². The number of rotatable bonds is 1. The molecule has 0 unspecified atom stereocenters. The summed E-state index contributed by atoms with van der Waals surface area (Å²) in [7, 11) is 0. The van der Waals surface area contributed by atoms with Crippen LogP contribution in [0, 0.1) is 5.41 Å². The van der Waals surface area contributed by atoms with Gasteiger partial charge in [0.05, 0.1) is 5.57 Å². The summed E-state index contributed by atoms with van der Waals surface area (Å²) >= 11 is 0. The van der Waals surface area contributed by atoms with Gasteiger partial charge in [-0.05, 0) is 35.6 Å². The van der Waals surface area contributed by atoms with E-state index in [1.807, 2.05) is 13.8 Å². The first-order chi connectivity index (χ1) is 8.71. The van der Waals surface area contributed by atoms with Gasteiger partial charge in [0, 0.05) is 12.8 Å². The molecule has 100 valence electrons. The van der Waals surface area contributed by atoms with E-state index in [4.69, 9.17) is 0 Å². The number of aliphatic hydroxyl groups is 1. The molecule has 0 radical (unpaired) electrons. The zero-order valence-electron chi connectivity index (χ0n) is 11.2. The van der Waals surface area contributed by atoms with Crippen LogP contribution in [-0.4, -0.2) is 22.5 Å². The number of carbonyl (C=O) groups excluding carboxylic acids is 3. The molecule has 2 aliphatic carbocycles. The Balaban J connectivity index is 2.51. The second kappa shape index (κ2) is 4.30. The first-order valence-electron chi connectivity index (χ1n) is 6.15. The molecule has 2 aliphatic rings.